The maximum absolute atomic E-state index is 10.3. The van der Waals surface area contributed by atoms with Crippen LogP contribution in [-0.2, 0) is 6.42 Å². The Balaban J connectivity index is 2.33. The van der Waals surface area contributed by atoms with Gasteiger partial charge in [0, 0.05) is 6.42 Å². The monoisotopic (exact) mass is 215 g/mol. The Bertz CT molecular complexity index is 301. The molecule has 0 unspecified atom stereocenters. The van der Waals surface area contributed by atoms with Gasteiger partial charge in [0.25, 0.3) is 0 Å². The van der Waals surface area contributed by atoms with E-state index in [0.29, 0.717) is 5.82 Å². The summed E-state index contributed by atoms with van der Waals surface area (Å²) in [7, 11) is 0. The fourth-order valence-corrected chi connectivity index (χ4v) is 1.69. The molecule has 1 aromatic rings. The molecule has 1 N–H and O–H groups in total. The van der Waals surface area contributed by atoms with E-state index >= 15 is 0 Å². The molecule has 0 fully saturated rings. The first-order valence-corrected chi connectivity index (χ1v) is 5.65. The molecular weight excluding hydrogens is 202 g/mol. The van der Waals surface area contributed by atoms with E-state index in [-0.39, 0.29) is 5.82 Å². The lowest BCUT2D eigenvalue weighted by Crippen LogP contribution is -1.92. The van der Waals surface area contributed by atoms with Crippen molar-refractivity contribution in [1.82, 2.24) is 9.97 Å². The zero-order chi connectivity index (χ0) is 10.4. The van der Waals surface area contributed by atoms with Crippen LogP contribution in [-0.4, -0.2) is 26.4 Å². The zero-order valence-corrected chi connectivity index (χ0v) is 8.84. The van der Waals surface area contributed by atoms with Gasteiger partial charge in [0.05, 0.1) is 0 Å². The van der Waals surface area contributed by atoms with Gasteiger partial charge in [0.2, 0.25) is 0 Å². The Labute approximate surface area is 86.5 Å². The van der Waals surface area contributed by atoms with Gasteiger partial charge < -0.3 is 10.1 Å². The van der Waals surface area contributed by atoms with Crippen molar-refractivity contribution >= 4 is 17.6 Å². The first kappa shape index (κ1) is 11.0. The Morgan fingerprint density at radius 1 is 1.71 bits per heavy atom. The highest BCUT2D eigenvalue weighted by molar-refractivity contribution is 7.99. The van der Waals surface area contributed by atoms with Gasteiger partial charge >= 0.3 is 5.82 Å². The fraction of sp³-hybridized carbons (Fsp3) is 0.625. The highest BCUT2D eigenvalue weighted by atomic mass is 32.2. The number of hydrogen-bond acceptors (Lipinski definition) is 4. The van der Waals surface area contributed by atoms with Crippen LogP contribution in [0.2, 0.25) is 0 Å². The minimum atomic E-state index is -0.461. The zero-order valence-electron chi connectivity index (χ0n) is 8.02. The molecule has 0 radical (unpaired) electrons. The van der Waals surface area contributed by atoms with Crippen molar-refractivity contribution in [3.8, 4) is 0 Å². The second-order valence-electron chi connectivity index (χ2n) is 2.77. The normalized spacial score (nSPS) is 10.4. The van der Waals surface area contributed by atoms with Crippen LogP contribution < -0.4 is 0 Å². The predicted molar refractivity (Wildman–Crippen MR) is 56.6 cm³/mol. The van der Waals surface area contributed by atoms with E-state index in [1.54, 1.807) is 0 Å². The summed E-state index contributed by atoms with van der Waals surface area (Å²) in [6.07, 6.45) is 3.05. The smallest absolute Gasteiger partial charge is 0.340 e. The number of aryl methyl sites for hydroxylation is 1. The summed E-state index contributed by atoms with van der Waals surface area (Å²) >= 11 is 1.86. The second-order valence-corrected chi connectivity index (χ2v) is 4.17. The number of nitro groups is 1. The molecule has 0 aliphatic carbocycles. The highest BCUT2D eigenvalue weighted by Gasteiger charge is 2.08. The standard InChI is InChI=1S/C8H13N3O2S/c1-2-14-5-3-4-7-9-6-8(10-7)11(12)13/h6H,2-5H2,1H3,(H,9,10). The van der Waals surface area contributed by atoms with Crippen molar-refractivity contribution < 1.29 is 4.92 Å². The van der Waals surface area contributed by atoms with Crippen LogP contribution in [0.3, 0.4) is 0 Å². The number of nitrogens with zero attached hydrogens (tertiary/aromatic N) is 2. The summed E-state index contributed by atoms with van der Waals surface area (Å²) in [6.45, 7) is 2.11. The average molecular weight is 215 g/mol. The Hall–Kier alpha value is -1.04. The summed E-state index contributed by atoms with van der Waals surface area (Å²) in [5.41, 5.74) is 0. The number of imidazole rings is 1. The molecule has 0 spiro atoms. The third-order valence-electron chi connectivity index (χ3n) is 1.72. The van der Waals surface area contributed by atoms with Crippen LogP contribution >= 0.6 is 11.8 Å². The Kier molecular flexibility index (Phi) is 4.45. The predicted octanol–water partition coefficient (Wildman–Crippen LogP) is 2.00. The SMILES string of the molecule is CCSCCCc1ncc([N+](=O)[O-])[nH]1. The van der Waals surface area contributed by atoms with Crippen LogP contribution in [0, 0.1) is 10.1 Å². The number of rotatable bonds is 6. The van der Waals surface area contributed by atoms with E-state index in [9.17, 15) is 10.1 Å². The van der Waals surface area contributed by atoms with Crippen molar-refractivity contribution in [2.24, 2.45) is 0 Å². The van der Waals surface area contributed by atoms with Crippen LogP contribution in [0.15, 0.2) is 6.20 Å². The topological polar surface area (TPSA) is 71.8 Å². The molecule has 1 aromatic heterocycles. The molecule has 0 aliphatic heterocycles. The van der Waals surface area contributed by atoms with Crippen molar-refractivity contribution in [1.29, 1.82) is 0 Å². The van der Waals surface area contributed by atoms with Crippen molar-refractivity contribution in [3.63, 3.8) is 0 Å². The highest BCUT2D eigenvalue weighted by Crippen LogP contribution is 2.09. The largest absolute Gasteiger partial charge is 0.358 e. The lowest BCUT2D eigenvalue weighted by atomic mass is 10.3. The van der Waals surface area contributed by atoms with Crippen molar-refractivity contribution in [2.75, 3.05) is 11.5 Å². The fourth-order valence-electron chi connectivity index (χ4n) is 1.06. The summed E-state index contributed by atoms with van der Waals surface area (Å²) in [5.74, 6) is 2.86. The molecule has 14 heavy (non-hydrogen) atoms. The van der Waals surface area contributed by atoms with E-state index in [1.165, 1.54) is 6.20 Å². The summed E-state index contributed by atoms with van der Waals surface area (Å²) in [5, 5.41) is 10.3. The van der Waals surface area contributed by atoms with Gasteiger partial charge in [-0.25, -0.2) is 9.97 Å². The van der Waals surface area contributed by atoms with Crippen LogP contribution in [0.25, 0.3) is 0 Å². The van der Waals surface area contributed by atoms with E-state index < -0.39 is 4.92 Å². The molecule has 0 amide bonds. The van der Waals surface area contributed by atoms with E-state index in [1.807, 2.05) is 11.8 Å². The molecule has 78 valence electrons. The number of aromatic amines is 1. The quantitative estimate of drug-likeness (QED) is 0.447. The Morgan fingerprint density at radius 3 is 3.07 bits per heavy atom. The molecule has 6 heteroatoms. The molecule has 5 nitrogen and oxygen atoms in total. The van der Waals surface area contributed by atoms with E-state index in [0.717, 1.165) is 24.3 Å². The van der Waals surface area contributed by atoms with Crippen LogP contribution in [0.5, 0.6) is 0 Å². The third-order valence-corrected chi connectivity index (χ3v) is 2.70. The average Bonchev–Trinajstić information content (AvgIpc) is 2.61. The van der Waals surface area contributed by atoms with E-state index in [4.69, 9.17) is 0 Å². The second kappa shape index (κ2) is 5.64. The van der Waals surface area contributed by atoms with Crippen LogP contribution in [0.1, 0.15) is 19.2 Å². The van der Waals surface area contributed by atoms with E-state index in [2.05, 4.69) is 16.9 Å². The molecule has 0 aromatic carbocycles. The third kappa shape index (κ3) is 3.37. The first-order valence-electron chi connectivity index (χ1n) is 4.50. The van der Waals surface area contributed by atoms with Gasteiger partial charge in [-0.15, -0.1) is 0 Å². The molecular formula is C8H13N3O2S. The van der Waals surface area contributed by atoms with Crippen LogP contribution in [0.4, 0.5) is 5.82 Å². The minimum Gasteiger partial charge on any atom is -0.358 e. The van der Waals surface area contributed by atoms with Gasteiger partial charge in [-0.2, -0.15) is 11.8 Å². The maximum atomic E-state index is 10.3. The number of aromatic nitrogens is 2. The first-order chi connectivity index (χ1) is 6.74. The summed E-state index contributed by atoms with van der Waals surface area (Å²) in [4.78, 5) is 16.5. The number of hydrogen-bond donors (Lipinski definition) is 1. The molecule has 1 rings (SSSR count). The molecule has 0 saturated carbocycles. The summed E-state index contributed by atoms with van der Waals surface area (Å²) in [6, 6.07) is 0. The summed E-state index contributed by atoms with van der Waals surface area (Å²) < 4.78 is 0. The molecule has 0 atom stereocenters. The van der Waals surface area contributed by atoms with Gasteiger partial charge in [-0.1, -0.05) is 6.92 Å². The minimum absolute atomic E-state index is 0.0249. The number of nitrogens with one attached hydrogen (secondary N) is 1. The number of thioether (sulfide) groups is 1. The number of H-pyrrole nitrogens is 1. The molecule has 0 saturated heterocycles. The maximum Gasteiger partial charge on any atom is 0.340 e. The van der Waals surface area contributed by atoms with Gasteiger partial charge in [-0.05, 0) is 22.8 Å². The van der Waals surface area contributed by atoms with Gasteiger partial charge in [-0.3, -0.25) is 0 Å². The Morgan fingerprint density at radius 2 is 2.50 bits per heavy atom. The molecule has 1 heterocycles. The van der Waals surface area contributed by atoms with Gasteiger partial charge in [0.1, 0.15) is 6.20 Å². The van der Waals surface area contributed by atoms with Crippen molar-refractivity contribution in [2.45, 2.75) is 19.8 Å². The molecule has 0 bridgehead atoms. The van der Waals surface area contributed by atoms with Crippen molar-refractivity contribution in [3.05, 3.63) is 22.1 Å². The lowest BCUT2D eigenvalue weighted by Gasteiger charge is -1.94. The lowest BCUT2D eigenvalue weighted by molar-refractivity contribution is -0.389. The molecule has 0 aliphatic rings. The van der Waals surface area contributed by atoms with Gasteiger partial charge in [0.15, 0.2) is 5.82 Å².